The number of anilines is 1. The van der Waals surface area contributed by atoms with Gasteiger partial charge in [0.05, 0.1) is 12.0 Å². The first-order chi connectivity index (χ1) is 11.3. The molecule has 0 aromatic carbocycles. The molecule has 3 rings (SSSR count). The highest BCUT2D eigenvalue weighted by Gasteiger charge is 2.17. The summed E-state index contributed by atoms with van der Waals surface area (Å²) in [6, 6.07) is 3.65. The van der Waals surface area contributed by atoms with Crippen LogP contribution >= 0.6 is 23.1 Å². The van der Waals surface area contributed by atoms with Crippen molar-refractivity contribution in [2.24, 2.45) is 0 Å². The first-order valence-electron chi connectivity index (χ1n) is 6.94. The Hall–Kier alpha value is -2.20. The summed E-state index contributed by atoms with van der Waals surface area (Å²) in [5, 5.41) is 19.7. The van der Waals surface area contributed by atoms with Crippen LogP contribution in [0.3, 0.4) is 0 Å². The highest BCUT2D eigenvalue weighted by molar-refractivity contribution is 7.99. The third-order valence-electron chi connectivity index (χ3n) is 2.84. The monoisotopic (exact) mass is 350 g/mol. The largest absolute Gasteiger partial charge is 0.461 e. The zero-order chi connectivity index (χ0) is 16.1. The Bertz CT molecular complexity index is 754. The van der Waals surface area contributed by atoms with Crippen LogP contribution in [0.25, 0.3) is 11.6 Å². The van der Waals surface area contributed by atoms with Crippen LogP contribution in [0.5, 0.6) is 0 Å². The average molecular weight is 350 g/mol. The Balaban J connectivity index is 1.69. The second kappa shape index (κ2) is 7.38. The summed E-state index contributed by atoms with van der Waals surface area (Å²) < 4.78 is 7.35. The van der Waals surface area contributed by atoms with Crippen molar-refractivity contribution in [1.29, 1.82) is 0 Å². The maximum Gasteiger partial charge on any atom is 0.236 e. The summed E-state index contributed by atoms with van der Waals surface area (Å²) in [6.07, 6.45) is 2.53. The number of rotatable bonds is 7. The minimum absolute atomic E-state index is 0.155. The Kier molecular flexibility index (Phi) is 5.03. The van der Waals surface area contributed by atoms with Gasteiger partial charge in [-0.3, -0.25) is 14.7 Å². The Morgan fingerprint density at radius 3 is 3.04 bits per heavy atom. The predicted octanol–water partition coefficient (Wildman–Crippen LogP) is 2.53. The van der Waals surface area contributed by atoms with Gasteiger partial charge in [0.25, 0.3) is 0 Å². The van der Waals surface area contributed by atoms with Gasteiger partial charge >= 0.3 is 0 Å². The van der Waals surface area contributed by atoms with Crippen molar-refractivity contribution >= 4 is 34.1 Å². The van der Waals surface area contributed by atoms with E-state index in [1.54, 1.807) is 11.8 Å². The molecule has 1 amide bonds. The number of hydrogen-bond donors (Lipinski definition) is 1. The van der Waals surface area contributed by atoms with Crippen molar-refractivity contribution in [1.82, 2.24) is 25.0 Å². The summed E-state index contributed by atoms with van der Waals surface area (Å²) >= 11 is 2.60. The van der Waals surface area contributed by atoms with E-state index in [1.165, 1.54) is 23.1 Å². The molecule has 0 fully saturated rings. The Labute approximate surface area is 140 Å². The lowest BCUT2D eigenvalue weighted by atomic mass is 10.4. The lowest BCUT2D eigenvalue weighted by Gasteiger charge is -2.07. The Morgan fingerprint density at radius 1 is 1.43 bits per heavy atom. The third kappa shape index (κ3) is 3.77. The van der Waals surface area contributed by atoms with Gasteiger partial charge in [0.15, 0.2) is 16.7 Å². The third-order valence-corrected chi connectivity index (χ3v) is 4.42. The van der Waals surface area contributed by atoms with Crippen LogP contribution in [0.1, 0.15) is 13.3 Å². The van der Waals surface area contributed by atoms with Crippen molar-refractivity contribution in [2.45, 2.75) is 25.0 Å². The van der Waals surface area contributed by atoms with Gasteiger partial charge in [-0.05, 0) is 18.6 Å². The van der Waals surface area contributed by atoms with Crippen molar-refractivity contribution in [3.63, 3.8) is 0 Å². The highest BCUT2D eigenvalue weighted by Crippen LogP contribution is 2.24. The second-order valence-corrected chi connectivity index (χ2v) is 6.29. The van der Waals surface area contributed by atoms with Gasteiger partial charge < -0.3 is 4.42 Å². The van der Waals surface area contributed by atoms with E-state index in [1.807, 2.05) is 16.7 Å². The number of aromatic nitrogens is 5. The molecule has 3 aromatic heterocycles. The number of amides is 1. The normalized spacial score (nSPS) is 10.8. The number of furan rings is 1. The van der Waals surface area contributed by atoms with E-state index in [4.69, 9.17) is 4.42 Å². The first-order valence-corrected chi connectivity index (χ1v) is 8.80. The van der Waals surface area contributed by atoms with Gasteiger partial charge in [-0.1, -0.05) is 30.0 Å². The Morgan fingerprint density at radius 2 is 2.35 bits per heavy atom. The quantitative estimate of drug-likeness (QED) is 0.654. The van der Waals surface area contributed by atoms with E-state index in [-0.39, 0.29) is 11.7 Å². The molecular weight excluding hydrogens is 336 g/mol. The summed E-state index contributed by atoms with van der Waals surface area (Å²) in [4.78, 5) is 11.9. The van der Waals surface area contributed by atoms with Crippen LogP contribution in [0, 0.1) is 0 Å². The maximum atomic E-state index is 11.9. The minimum Gasteiger partial charge on any atom is -0.461 e. The number of nitrogens with zero attached hydrogens (tertiary/aromatic N) is 5. The first kappa shape index (κ1) is 15.7. The summed E-state index contributed by atoms with van der Waals surface area (Å²) in [7, 11) is 0. The van der Waals surface area contributed by atoms with Gasteiger partial charge in [0, 0.05) is 6.54 Å². The maximum absolute atomic E-state index is 11.9. The van der Waals surface area contributed by atoms with E-state index in [0.29, 0.717) is 21.9 Å². The molecule has 0 unspecified atom stereocenters. The molecule has 10 heteroatoms. The molecule has 0 saturated heterocycles. The van der Waals surface area contributed by atoms with Crippen molar-refractivity contribution in [3.8, 4) is 11.6 Å². The predicted molar refractivity (Wildman–Crippen MR) is 87.3 cm³/mol. The van der Waals surface area contributed by atoms with Crippen molar-refractivity contribution in [3.05, 3.63) is 23.9 Å². The smallest absolute Gasteiger partial charge is 0.236 e. The SMILES string of the molecule is CCCn1c(SCC(=O)Nc2nncs2)nnc1-c1ccco1. The van der Waals surface area contributed by atoms with Gasteiger partial charge in [-0.2, -0.15) is 0 Å². The lowest BCUT2D eigenvalue weighted by Crippen LogP contribution is -2.14. The highest BCUT2D eigenvalue weighted by atomic mass is 32.2. The molecule has 0 aliphatic heterocycles. The van der Waals surface area contributed by atoms with Crippen LogP contribution in [-0.4, -0.2) is 36.6 Å². The zero-order valence-electron chi connectivity index (χ0n) is 12.3. The summed E-state index contributed by atoms with van der Waals surface area (Å²) in [5.41, 5.74) is 1.57. The molecule has 1 N–H and O–H groups in total. The number of thioether (sulfide) groups is 1. The molecule has 23 heavy (non-hydrogen) atoms. The van der Waals surface area contributed by atoms with Gasteiger partial charge in [-0.15, -0.1) is 20.4 Å². The molecule has 0 spiro atoms. The van der Waals surface area contributed by atoms with Gasteiger partial charge in [0.2, 0.25) is 11.0 Å². The molecule has 0 saturated carbocycles. The number of carbonyl (C=O) groups excluding carboxylic acids is 1. The molecule has 0 aliphatic rings. The van der Waals surface area contributed by atoms with E-state index < -0.39 is 0 Å². The fourth-order valence-electron chi connectivity index (χ4n) is 1.92. The number of hydrogen-bond acceptors (Lipinski definition) is 8. The molecule has 0 radical (unpaired) electrons. The van der Waals surface area contributed by atoms with Gasteiger partial charge in [-0.25, -0.2) is 0 Å². The second-order valence-electron chi connectivity index (χ2n) is 4.52. The molecule has 120 valence electrons. The number of nitrogens with one attached hydrogen (secondary N) is 1. The van der Waals surface area contributed by atoms with E-state index >= 15 is 0 Å². The fourth-order valence-corrected chi connectivity index (χ4v) is 3.15. The minimum atomic E-state index is -0.155. The zero-order valence-corrected chi connectivity index (χ0v) is 13.9. The molecular formula is C13H14N6O2S2. The van der Waals surface area contributed by atoms with Crippen LogP contribution < -0.4 is 5.32 Å². The number of carbonyl (C=O) groups is 1. The fraction of sp³-hybridized carbons (Fsp3) is 0.308. The van der Waals surface area contributed by atoms with Crippen molar-refractivity contribution in [2.75, 3.05) is 11.1 Å². The molecule has 8 nitrogen and oxygen atoms in total. The van der Waals surface area contributed by atoms with Crippen molar-refractivity contribution < 1.29 is 9.21 Å². The molecule has 0 bridgehead atoms. The molecule has 0 atom stereocenters. The molecule has 3 heterocycles. The van der Waals surface area contributed by atoms with Gasteiger partial charge in [0.1, 0.15) is 5.51 Å². The average Bonchev–Trinajstić information content (AvgIpc) is 3.27. The van der Waals surface area contributed by atoms with Crippen LogP contribution in [0.15, 0.2) is 33.5 Å². The van der Waals surface area contributed by atoms with Crippen LogP contribution in [-0.2, 0) is 11.3 Å². The van der Waals surface area contributed by atoms with Crippen LogP contribution in [0.2, 0.25) is 0 Å². The summed E-state index contributed by atoms with van der Waals surface area (Å²) in [5.74, 6) is 1.40. The standard InChI is InChI=1S/C13H14N6O2S2/c1-2-5-19-11(9-4-3-6-21-9)16-18-13(19)22-7-10(20)15-12-17-14-8-23-12/h3-4,6,8H,2,5,7H2,1H3,(H,15,17,20). The van der Waals surface area contributed by atoms with Crippen LogP contribution in [0.4, 0.5) is 5.13 Å². The van der Waals surface area contributed by atoms with E-state index in [0.717, 1.165) is 13.0 Å². The van der Waals surface area contributed by atoms with E-state index in [9.17, 15) is 4.79 Å². The summed E-state index contributed by atoms with van der Waals surface area (Å²) in [6.45, 7) is 2.83. The topological polar surface area (TPSA) is 98.7 Å². The lowest BCUT2D eigenvalue weighted by molar-refractivity contribution is -0.113. The molecule has 3 aromatic rings. The molecule has 0 aliphatic carbocycles. The van der Waals surface area contributed by atoms with E-state index in [2.05, 4.69) is 32.6 Å².